The minimum absolute atomic E-state index is 0.0827. The van der Waals surface area contributed by atoms with Crippen LogP contribution in [0.4, 0.5) is 0 Å². The second-order valence-corrected chi connectivity index (χ2v) is 8.24. The number of ether oxygens (including phenoxy) is 1. The Morgan fingerprint density at radius 2 is 1.88 bits per heavy atom. The molecule has 0 bridgehead atoms. The van der Waals surface area contributed by atoms with Gasteiger partial charge in [-0.3, -0.25) is 4.79 Å². The van der Waals surface area contributed by atoms with Crippen molar-refractivity contribution in [2.24, 2.45) is 0 Å². The molecule has 5 nitrogen and oxygen atoms in total. The maximum atomic E-state index is 13.4. The molecular formula is C19H22BrN3O2S. The Morgan fingerprint density at radius 1 is 1.23 bits per heavy atom. The van der Waals surface area contributed by atoms with Crippen LogP contribution >= 0.6 is 28.1 Å². The van der Waals surface area contributed by atoms with Crippen LogP contribution in [0.5, 0.6) is 0 Å². The van der Waals surface area contributed by atoms with Gasteiger partial charge in [0.05, 0.1) is 24.8 Å². The van der Waals surface area contributed by atoms with Gasteiger partial charge in [0.2, 0.25) is 0 Å². The molecule has 0 spiro atoms. The zero-order valence-electron chi connectivity index (χ0n) is 14.7. The standard InChI is InChI=1S/C19H22BrN3O2S/c1-12-16(18(24)22-8-10-25-11-9-22)17(13-2-4-14(20)5-3-13)21-19(26)23(12)15-6-7-15/h2-5,15,17H,6-11H2,1H3,(H,21,26). The molecule has 2 heterocycles. The van der Waals surface area contributed by atoms with Crippen LogP contribution in [-0.4, -0.2) is 53.2 Å². The molecule has 2 aliphatic heterocycles. The number of hydrogen-bond donors (Lipinski definition) is 1. The number of nitrogens with zero attached hydrogens (tertiary/aromatic N) is 2. The van der Waals surface area contributed by atoms with Crippen LogP contribution < -0.4 is 5.32 Å². The van der Waals surface area contributed by atoms with Crippen LogP contribution in [0.1, 0.15) is 31.4 Å². The van der Waals surface area contributed by atoms with Crippen LogP contribution in [-0.2, 0) is 9.53 Å². The first-order chi connectivity index (χ1) is 12.6. The minimum Gasteiger partial charge on any atom is -0.378 e. The molecule has 138 valence electrons. The second kappa shape index (κ2) is 7.29. The van der Waals surface area contributed by atoms with E-state index in [1.54, 1.807) is 0 Å². The molecule has 1 unspecified atom stereocenters. The molecule has 1 amide bonds. The lowest BCUT2D eigenvalue weighted by Gasteiger charge is -2.40. The zero-order valence-corrected chi connectivity index (χ0v) is 17.1. The molecule has 4 rings (SSSR count). The van der Waals surface area contributed by atoms with E-state index in [1.807, 2.05) is 36.1 Å². The topological polar surface area (TPSA) is 44.8 Å². The number of thiocarbonyl (C=S) groups is 1. The van der Waals surface area contributed by atoms with Crippen molar-refractivity contribution in [3.63, 3.8) is 0 Å². The van der Waals surface area contributed by atoms with E-state index in [-0.39, 0.29) is 11.9 Å². The Kier molecular flexibility index (Phi) is 5.03. The Hall–Kier alpha value is -1.44. The minimum atomic E-state index is -0.221. The number of morpholine rings is 1. The van der Waals surface area contributed by atoms with E-state index in [4.69, 9.17) is 17.0 Å². The number of allylic oxidation sites excluding steroid dienone is 1. The van der Waals surface area contributed by atoms with Gasteiger partial charge >= 0.3 is 0 Å². The van der Waals surface area contributed by atoms with E-state index in [0.717, 1.165) is 39.3 Å². The van der Waals surface area contributed by atoms with Crippen LogP contribution in [0.15, 0.2) is 40.0 Å². The molecular weight excluding hydrogens is 414 g/mol. The first-order valence-corrected chi connectivity index (χ1v) is 10.2. The quantitative estimate of drug-likeness (QED) is 0.739. The molecule has 1 aliphatic carbocycles. The van der Waals surface area contributed by atoms with Crippen molar-refractivity contribution >= 4 is 39.2 Å². The van der Waals surface area contributed by atoms with E-state index >= 15 is 0 Å². The van der Waals surface area contributed by atoms with E-state index in [2.05, 4.69) is 26.1 Å². The number of hydrogen-bond acceptors (Lipinski definition) is 3. The average Bonchev–Trinajstić information content (AvgIpc) is 3.47. The molecule has 1 saturated carbocycles. The molecule has 0 aromatic heterocycles. The summed E-state index contributed by atoms with van der Waals surface area (Å²) in [6, 6.07) is 8.28. The molecule has 1 atom stereocenters. The number of rotatable bonds is 3. The first kappa shape index (κ1) is 17.9. The average molecular weight is 436 g/mol. The maximum Gasteiger partial charge on any atom is 0.254 e. The molecule has 3 aliphatic rings. The van der Waals surface area contributed by atoms with E-state index in [1.165, 1.54) is 0 Å². The summed E-state index contributed by atoms with van der Waals surface area (Å²) in [5.74, 6) is 0.0827. The third-order valence-corrected chi connectivity index (χ3v) is 6.01. The van der Waals surface area contributed by atoms with Crippen molar-refractivity contribution in [1.29, 1.82) is 0 Å². The lowest BCUT2D eigenvalue weighted by atomic mass is 9.93. The Bertz CT molecular complexity index is 755. The molecule has 1 aromatic rings. The molecule has 26 heavy (non-hydrogen) atoms. The van der Waals surface area contributed by atoms with Gasteiger partial charge in [-0.15, -0.1) is 0 Å². The highest BCUT2D eigenvalue weighted by molar-refractivity contribution is 9.10. The molecule has 7 heteroatoms. The third kappa shape index (κ3) is 3.40. The van der Waals surface area contributed by atoms with Gasteiger partial charge in [-0.1, -0.05) is 28.1 Å². The number of halogens is 1. The molecule has 1 N–H and O–H groups in total. The van der Waals surface area contributed by atoms with E-state index in [0.29, 0.717) is 32.3 Å². The van der Waals surface area contributed by atoms with Crippen molar-refractivity contribution in [1.82, 2.24) is 15.1 Å². The van der Waals surface area contributed by atoms with Crippen molar-refractivity contribution in [2.75, 3.05) is 26.3 Å². The van der Waals surface area contributed by atoms with Crippen LogP contribution in [0, 0.1) is 0 Å². The van der Waals surface area contributed by atoms with Crippen LogP contribution in [0.25, 0.3) is 0 Å². The summed E-state index contributed by atoms with van der Waals surface area (Å²) in [6.45, 7) is 4.50. The highest BCUT2D eigenvalue weighted by atomic mass is 79.9. The highest BCUT2D eigenvalue weighted by Gasteiger charge is 2.41. The van der Waals surface area contributed by atoms with E-state index in [9.17, 15) is 4.79 Å². The summed E-state index contributed by atoms with van der Waals surface area (Å²) >= 11 is 9.13. The predicted molar refractivity (Wildman–Crippen MR) is 108 cm³/mol. The fourth-order valence-corrected chi connectivity index (χ4v) is 4.32. The van der Waals surface area contributed by atoms with Crippen molar-refractivity contribution in [2.45, 2.75) is 31.8 Å². The van der Waals surface area contributed by atoms with Crippen LogP contribution in [0.2, 0.25) is 0 Å². The lowest BCUT2D eigenvalue weighted by Crippen LogP contribution is -2.51. The second-order valence-electron chi connectivity index (χ2n) is 6.94. The van der Waals surface area contributed by atoms with E-state index < -0.39 is 0 Å². The van der Waals surface area contributed by atoms with Gasteiger partial charge in [0, 0.05) is 29.3 Å². The van der Waals surface area contributed by atoms with Gasteiger partial charge in [-0.25, -0.2) is 0 Å². The molecule has 0 radical (unpaired) electrons. The fraction of sp³-hybridized carbons (Fsp3) is 0.474. The van der Waals surface area contributed by atoms with Gasteiger partial charge < -0.3 is 19.9 Å². The van der Waals surface area contributed by atoms with Gasteiger partial charge in [-0.05, 0) is 49.7 Å². The number of carbonyl (C=O) groups excluding carboxylic acids is 1. The largest absolute Gasteiger partial charge is 0.378 e. The van der Waals surface area contributed by atoms with Gasteiger partial charge in [0.25, 0.3) is 5.91 Å². The predicted octanol–water partition coefficient (Wildman–Crippen LogP) is 2.98. The Morgan fingerprint density at radius 3 is 2.50 bits per heavy atom. The molecule has 2 fully saturated rings. The Balaban J connectivity index is 1.74. The number of benzene rings is 1. The smallest absolute Gasteiger partial charge is 0.254 e. The maximum absolute atomic E-state index is 13.4. The Labute approximate surface area is 167 Å². The summed E-state index contributed by atoms with van der Waals surface area (Å²) in [5, 5.41) is 4.15. The number of amides is 1. The summed E-state index contributed by atoms with van der Waals surface area (Å²) in [7, 11) is 0. The summed E-state index contributed by atoms with van der Waals surface area (Å²) in [6.07, 6.45) is 2.25. The van der Waals surface area contributed by atoms with Gasteiger partial charge in [0.1, 0.15) is 0 Å². The number of carbonyl (C=O) groups is 1. The zero-order chi connectivity index (χ0) is 18.3. The van der Waals surface area contributed by atoms with Crippen molar-refractivity contribution in [3.05, 3.63) is 45.6 Å². The first-order valence-electron chi connectivity index (χ1n) is 8.99. The lowest BCUT2D eigenvalue weighted by molar-refractivity contribution is -0.131. The van der Waals surface area contributed by atoms with Crippen molar-refractivity contribution < 1.29 is 9.53 Å². The van der Waals surface area contributed by atoms with Gasteiger partial charge in [0.15, 0.2) is 5.11 Å². The van der Waals surface area contributed by atoms with Crippen LogP contribution in [0.3, 0.4) is 0 Å². The SMILES string of the molecule is CC1=C(C(=O)N2CCOCC2)C(c2ccc(Br)cc2)NC(=S)N1C1CC1. The summed E-state index contributed by atoms with van der Waals surface area (Å²) in [4.78, 5) is 17.4. The highest BCUT2D eigenvalue weighted by Crippen LogP contribution is 2.38. The normalized spacial score (nSPS) is 23.9. The summed E-state index contributed by atoms with van der Waals surface area (Å²) in [5.41, 5.74) is 2.83. The monoisotopic (exact) mass is 435 g/mol. The fourth-order valence-electron chi connectivity index (χ4n) is 3.65. The molecule has 1 aromatic carbocycles. The molecule has 1 saturated heterocycles. The third-order valence-electron chi connectivity index (χ3n) is 5.17. The van der Waals surface area contributed by atoms with Crippen molar-refractivity contribution in [3.8, 4) is 0 Å². The summed E-state index contributed by atoms with van der Waals surface area (Å²) < 4.78 is 6.43. The van der Waals surface area contributed by atoms with Gasteiger partial charge in [-0.2, -0.15) is 0 Å². The number of nitrogens with one attached hydrogen (secondary N) is 1.